The first-order valence-corrected chi connectivity index (χ1v) is 11.2. The van der Waals surface area contributed by atoms with E-state index >= 15 is 0 Å². The number of fused-ring (bicyclic) bond motifs is 6. The molecule has 0 radical (unpaired) electrons. The van der Waals surface area contributed by atoms with Crippen molar-refractivity contribution in [2.75, 3.05) is 6.61 Å². The molecular formula is C24H32O2. The lowest BCUT2D eigenvalue weighted by Crippen LogP contribution is -2.54. The van der Waals surface area contributed by atoms with Crippen LogP contribution >= 0.6 is 0 Å². The number of carbonyl (C=O) groups is 1. The van der Waals surface area contributed by atoms with Gasteiger partial charge in [0.25, 0.3) is 0 Å². The molecule has 6 aliphatic rings. The van der Waals surface area contributed by atoms with E-state index < -0.39 is 0 Å². The van der Waals surface area contributed by atoms with Crippen molar-refractivity contribution in [2.24, 2.45) is 28.6 Å². The van der Waals surface area contributed by atoms with Crippen LogP contribution in [-0.4, -0.2) is 18.0 Å². The van der Waals surface area contributed by atoms with Gasteiger partial charge in [0.15, 0.2) is 0 Å². The minimum atomic E-state index is 0.0571. The first-order valence-electron chi connectivity index (χ1n) is 11.2. The van der Waals surface area contributed by atoms with Crippen molar-refractivity contribution in [2.45, 2.75) is 83.2 Å². The maximum absolute atomic E-state index is 12.0. The van der Waals surface area contributed by atoms with Crippen LogP contribution in [0.2, 0.25) is 0 Å². The number of ketones is 1. The van der Waals surface area contributed by atoms with Gasteiger partial charge in [0.2, 0.25) is 0 Å². The summed E-state index contributed by atoms with van der Waals surface area (Å²) in [7, 11) is 0. The molecule has 0 aromatic carbocycles. The van der Waals surface area contributed by atoms with Crippen LogP contribution in [0.25, 0.3) is 0 Å². The fraction of sp³-hybridized carbons (Fsp3) is 0.792. The highest BCUT2D eigenvalue weighted by molar-refractivity contribution is 5.82. The summed E-state index contributed by atoms with van der Waals surface area (Å²) in [5, 5.41) is 0. The van der Waals surface area contributed by atoms with Crippen LogP contribution in [0.15, 0.2) is 23.3 Å². The Hall–Kier alpha value is -0.890. The number of Topliss-reactive ketones (excluding diaryl/α,β-unsaturated/α-hetero) is 1. The molecule has 2 nitrogen and oxygen atoms in total. The van der Waals surface area contributed by atoms with Crippen molar-refractivity contribution in [3.8, 4) is 0 Å². The number of hydrogen-bond donors (Lipinski definition) is 0. The fourth-order valence-electron chi connectivity index (χ4n) is 8.68. The highest BCUT2D eigenvalue weighted by Crippen LogP contribution is 2.79. The zero-order valence-corrected chi connectivity index (χ0v) is 16.2. The quantitative estimate of drug-likeness (QED) is 0.592. The van der Waals surface area contributed by atoms with Crippen molar-refractivity contribution >= 4 is 5.78 Å². The third-order valence-electron chi connectivity index (χ3n) is 9.79. The van der Waals surface area contributed by atoms with Gasteiger partial charge in [0.1, 0.15) is 5.78 Å². The van der Waals surface area contributed by atoms with Crippen LogP contribution in [0.5, 0.6) is 0 Å². The molecule has 5 aliphatic carbocycles. The van der Waals surface area contributed by atoms with Gasteiger partial charge in [-0.05, 0) is 75.5 Å². The summed E-state index contributed by atoms with van der Waals surface area (Å²) in [6.45, 7) is 3.28. The average Bonchev–Trinajstić information content (AvgIpc) is 3.19. The summed E-state index contributed by atoms with van der Waals surface area (Å²) in [5.74, 6) is 2.96. The normalized spacial score (nSPS) is 48.0. The van der Waals surface area contributed by atoms with Gasteiger partial charge >= 0.3 is 0 Å². The van der Waals surface area contributed by atoms with Gasteiger partial charge in [0, 0.05) is 23.7 Å². The smallest absolute Gasteiger partial charge is 0.137 e. The zero-order chi connectivity index (χ0) is 17.6. The Bertz CT molecular complexity index is 726. The summed E-state index contributed by atoms with van der Waals surface area (Å²) >= 11 is 0. The Labute approximate surface area is 157 Å². The molecule has 3 unspecified atom stereocenters. The van der Waals surface area contributed by atoms with Crippen molar-refractivity contribution in [1.29, 1.82) is 0 Å². The largest absolute Gasteiger partial charge is 0.366 e. The van der Waals surface area contributed by atoms with E-state index in [1.807, 2.05) is 0 Å². The van der Waals surface area contributed by atoms with Gasteiger partial charge in [-0.2, -0.15) is 0 Å². The first kappa shape index (κ1) is 16.1. The second-order valence-electron chi connectivity index (χ2n) is 10.2. The van der Waals surface area contributed by atoms with E-state index in [-0.39, 0.29) is 5.60 Å². The Morgan fingerprint density at radius 3 is 2.77 bits per heavy atom. The predicted molar refractivity (Wildman–Crippen MR) is 102 cm³/mol. The van der Waals surface area contributed by atoms with Gasteiger partial charge in [0.05, 0.1) is 12.2 Å². The maximum atomic E-state index is 12.0. The standard InChI is InChI=1S/C24H32O2/c1-2-23-10-8-19-18-7-5-17(25)14-16(18)4-6-20(19)21(23)15-22(11-12-22)24(23)9-3-13-26-24/h3,9,19-21H,2,4-8,10-15H2,1H3/t19?,20?,21?,23-,24-/m0/s1. The Morgan fingerprint density at radius 2 is 2.04 bits per heavy atom. The molecule has 1 heterocycles. The first-order chi connectivity index (χ1) is 12.6. The summed E-state index contributed by atoms with van der Waals surface area (Å²) in [5.41, 5.74) is 4.19. The molecule has 26 heavy (non-hydrogen) atoms. The summed E-state index contributed by atoms with van der Waals surface area (Å²) in [6.07, 6.45) is 18.2. The van der Waals surface area contributed by atoms with Gasteiger partial charge in [-0.25, -0.2) is 0 Å². The van der Waals surface area contributed by atoms with Crippen molar-refractivity contribution in [3.63, 3.8) is 0 Å². The van der Waals surface area contributed by atoms with Crippen LogP contribution in [0.4, 0.5) is 0 Å². The van der Waals surface area contributed by atoms with Crippen LogP contribution in [0.3, 0.4) is 0 Å². The number of ether oxygens (including phenoxy) is 1. The molecule has 0 saturated heterocycles. The van der Waals surface area contributed by atoms with Crippen LogP contribution in [-0.2, 0) is 9.53 Å². The van der Waals surface area contributed by atoms with E-state index in [1.54, 1.807) is 11.1 Å². The molecule has 0 aromatic rings. The van der Waals surface area contributed by atoms with E-state index in [2.05, 4.69) is 19.1 Å². The lowest BCUT2D eigenvalue weighted by atomic mass is 9.50. The number of carbonyl (C=O) groups excluding carboxylic acids is 1. The zero-order valence-electron chi connectivity index (χ0n) is 16.2. The van der Waals surface area contributed by atoms with Gasteiger partial charge in [-0.15, -0.1) is 0 Å². The molecule has 0 amide bonds. The van der Waals surface area contributed by atoms with E-state index in [9.17, 15) is 4.79 Å². The van der Waals surface area contributed by atoms with Crippen molar-refractivity contribution in [3.05, 3.63) is 23.3 Å². The molecular weight excluding hydrogens is 320 g/mol. The molecule has 1 aliphatic heterocycles. The van der Waals surface area contributed by atoms with Gasteiger partial charge in [-0.3, -0.25) is 4.79 Å². The summed E-state index contributed by atoms with van der Waals surface area (Å²) < 4.78 is 6.68. The molecule has 6 rings (SSSR count). The van der Waals surface area contributed by atoms with Crippen LogP contribution in [0.1, 0.15) is 77.6 Å². The molecule has 0 bridgehead atoms. The molecule has 3 fully saturated rings. The maximum Gasteiger partial charge on any atom is 0.137 e. The van der Waals surface area contributed by atoms with Crippen LogP contribution in [0, 0.1) is 28.6 Å². The molecule has 0 aromatic heterocycles. The van der Waals surface area contributed by atoms with Crippen molar-refractivity contribution < 1.29 is 9.53 Å². The minimum absolute atomic E-state index is 0.0571. The van der Waals surface area contributed by atoms with E-state index in [0.717, 1.165) is 43.6 Å². The monoisotopic (exact) mass is 352 g/mol. The lowest BCUT2D eigenvalue weighted by Gasteiger charge is -2.56. The van der Waals surface area contributed by atoms with Gasteiger partial charge in [-0.1, -0.05) is 30.2 Å². The summed E-state index contributed by atoms with van der Waals surface area (Å²) in [4.78, 5) is 12.0. The Kier molecular flexibility index (Phi) is 3.18. The number of hydrogen-bond acceptors (Lipinski definition) is 2. The number of allylic oxidation sites excluding steroid dienone is 2. The molecule has 5 atom stereocenters. The highest BCUT2D eigenvalue weighted by Gasteiger charge is 2.77. The van der Waals surface area contributed by atoms with Gasteiger partial charge < -0.3 is 4.74 Å². The highest BCUT2D eigenvalue weighted by atomic mass is 16.5. The van der Waals surface area contributed by atoms with E-state index in [4.69, 9.17) is 4.74 Å². The van der Waals surface area contributed by atoms with E-state index in [1.165, 1.54) is 51.4 Å². The fourth-order valence-corrected chi connectivity index (χ4v) is 8.68. The molecule has 2 spiro atoms. The van der Waals surface area contributed by atoms with E-state index in [0.29, 0.717) is 16.6 Å². The lowest BCUT2D eigenvalue weighted by molar-refractivity contribution is -0.133. The Balaban J connectivity index is 1.42. The van der Waals surface area contributed by atoms with Crippen LogP contribution < -0.4 is 0 Å². The molecule has 0 N–H and O–H groups in total. The average molecular weight is 353 g/mol. The SMILES string of the molecule is CC[C@]12CCC3C4=C(CCC3C1CC1(CC1)[C@@]21C=CCO1)CC(=O)CC4. The number of rotatable bonds is 1. The molecule has 140 valence electrons. The molecule has 2 heteroatoms. The topological polar surface area (TPSA) is 26.3 Å². The Morgan fingerprint density at radius 1 is 1.15 bits per heavy atom. The third-order valence-corrected chi connectivity index (χ3v) is 9.79. The predicted octanol–water partition coefficient (Wildman–Crippen LogP) is 5.38. The molecule has 3 saturated carbocycles. The van der Waals surface area contributed by atoms with Crippen molar-refractivity contribution in [1.82, 2.24) is 0 Å². The second-order valence-corrected chi connectivity index (χ2v) is 10.2. The third kappa shape index (κ3) is 1.72. The second kappa shape index (κ2) is 5.13. The minimum Gasteiger partial charge on any atom is -0.366 e. The summed E-state index contributed by atoms with van der Waals surface area (Å²) in [6, 6.07) is 0.